The molecule has 0 saturated carbocycles. The van der Waals surface area contributed by atoms with E-state index in [1.807, 2.05) is 0 Å². The third kappa shape index (κ3) is 2.42. The number of nitrogens with zero attached hydrogens (tertiary/aromatic N) is 1. The second kappa shape index (κ2) is 3.95. The maximum Gasteiger partial charge on any atom is 0.0449 e. The quantitative estimate of drug-likeness (QED) is 0.677. The van der Waals surface area contributed by atoms with Gasteiger partial charge in [0.1, 0.15) is 0 Å². The van der Waals surface area contributed by atoms with Crippen molar-refractivity contribution in [1.29, 1.82) is 0 Å². The van der Waals surface area contributed by atoms with Crippen LogP contribution in [0.3, 0.4) is 0 Å². The van der Waals surface area contributed by atoms with E-state index >= 15 is 0 Å². The minimum Gasteiger partial charge on any atom is -0.396 e. The summed E-state index contributed by atoms with van der Waals surface area (Å²) in [4.78, 5) is 2.41. The van der Waals surface area contributed by atoms with E-state index < -0.39 is 0 Å². The molecule has 13 heavy (non-hydrogen) atoms. The number of nitrogens with two attached hydrogens (primary N) is 1. The van der Waals surface area contributed by atoms with Gasteiger partial charge in [-0.25, -0.2) is 0 Å². The molecule has 1 saturated heterocycles. The smallest absolute Gasteiger partial charge is 0.0449 e. The number of aliphatic hydroxyl groups excluding tert-OH is 1. The second-order valence-electron chi connectivity index (χ2n) is 4.66. The van der Waals surface area contributed by atoms with E-state index in [0.29, 0.717) is 12.1 Å². The molecule has 1 fully saturated rings. The van der Waals surface area contributed by atoms with E-state index in [1.165, 1.54) is 0 Å². The summed E-state index contributed by atoms with van der Waals surface area (Å²) < 4.78 is 0. The zero-order chi connectivity index (χ0) is 10.1. The molecule has 1 heterocycles. The van der Waals surface area contributed by atoms with Gasteiger partial charge in [0, 0.05) is 30.8 Å². The third-order valence-electron chi connectivity index (χ3n) is 3.04. The molecule has 78 valence electrons. The highest BCUT2D eigenvalue weighted by Crippen LogP contribution is 2.28. The van der Waals surface area contributed by atoms with Gasteiger partial charge in [-0.2, -0.15) is 0 Å². The lowest BCUT2D eigenvalue weighted by atomic mass is 9.94. The first kappa shape index (κ1) is 11.0. The molecule has 0 aromatic heterocycles. The van der Waals surface area contributed by atoms with Crippen LogP contribution in [0.5, 0.6) is 0 Å². The largest absolute Gasteiger partial charge is 0.396 e. The molecule has 3 heteroatoms. The predicted molar refractivity (Wildman–Crippen MR) is 54.5 cm³/mol. The third-order valence-corrected chi connectivity index (χ3v) is 3.04. The molecule has 0 aromatic rings. The van der Waals surface area contributed by atoms with Crippen molar-refractivity contribution < 1.29 is 5.11 Å². The second-order valence-corrected chi connectivity index (χ2v) is 4.66. The highest BCUT2D eigenvalue weighted by molar-refractivity contribution is 4.99. The highest BCUT2D eigenvalue weighted by Gasteiger charge is 2.39. The summed E-state index contributed by atoms with van der Waals surface area (Å²) in [5.41, 5.74) is 6.03. The van der Waals surface area contributed by atoms with Crippen LogP contribution in [-0.2, 0) is 0 Å². The molecule has 1 rings (SSSR count). The maximum atomic E-state index is 8.90. The standard InChI is InChI=1S/C10H22N2O/c1-8(2)12-7-10(11,4-5-13)6-9(12)3/h8-9,13H,4-7,11H2,1-3H3. The fraction of sp³-hybridized carbons (Fsp3) is 1.00. The number of rotatable bonds is 3. The Morgan fingerprint density at radius 2 is 2.23 bits per heavy atom. The van der Waals surface area contributed by atoms with Gasteiger partial charge in [-0.05, 0) is 33.6 Å². The molecule has 3 N–H and O–H groups in total. The van der Waals surface area contributed by atoms with Crippen LogP contribution >= 0.6 is 0 Å². The van der Waals surface area contributed by atoms with E-state index in [-0.39, 0.29) is 12.1 Å². The van der Waals surface area contributed by atoms with E-state index in [9.17, 15) is 0 Å². The number of hydrogen-bond donors (Lipinski definition) is 2. The van der Waals surface area contributed by atoms with Crippen molar-refractivity contribution in [1.82, 2.24) is 4.90 Å². The molecule has 1 aliphatic heterocycles. The van der Waals surface area contributed by atoms with Crippen molar-refractivity contribution >= 4 is 0 Å². The summed E-state index contributed by atoms with van der Waals surface area (Å²) in [5, 5.41) is 8.90. The highest BCUT2D eigenvalue weighted by atomic mass is 16.3. The Labute approximate surface area is 80.9 Å². The molecule has 0 spiro atoms. The van der Waals surface area contributed by atoms with Gasteiger partial charge in [-0.1, -0.05) is 0 Å². The van der Waals surface area contributed by atoms with E-state index in [4.69, 9.17) is 10.8 Å². The molecular formula is C10H22N2O. The fourth-order valence-corrected chi connectivity index (χ4v) is 2.38. The van der Waals surface area contributed by atoms with Gasteiger partial charge in [-0.15, -0.1) is 0 Å². The van der Waals surface area contributed by atoms with Crippen LogP contribution in [0, 0.1) is 0 Å². The summed E-state index contributed by atoms with van der Waals surface area (Å²) in [6.45, 7) is 7.73. The maximum absolute atomic E-state index is 8.90. The molecule has 2 atom stereocenters. The average Bonchev–Trinajstić information content (AvgIpc) is 2.27. The van der Waals surface area contributed by atoms with Crippen molar-refractivity contribution in [2.24, 2.45) is 5.73 Å². The Bertz CT molecular complexity index is 172. The van der Waals surface area contributed by atoms with Gasteiger partial charge >= 0.3 is 0 Å². The fourth-order valence-electron chi connectivity index (χ4n) is 2.38. The molecule has 0 radical (unpaired) electrons. The van der Waals surface area contributed by atoms with Crippen molar-refractivity contribution in [2.75, 3.05) is 13.2 Å². The van der Waals surface area contributed by atoms with Crippen molar-refractivity contribution in [3.05, 3.63) is 0 Å². The minimum atomic E-state index is -0.154. The number of likely N-dealkylation sites (tertiary alicyclic amines) is 1. The zero-order valence-corrected chi connectivity index (χ0v) is 8.95. The molecule has 0 amide bonds. The lowest BCUT2D eigenvalue weighted by Crippen LogP contribution is -2.44. The monoisotopic (exact) mass is 186 g/mol. The van der Waals surface area contributed by atoms with Crippen LogP contribution in [0.15, 0.2) is 0 Å². The number of hydrogen-bond acceptors (Lipinski definition) is 3. The van der Waals surface area contributed by atoms with E-state index in [2.05, 4.69) is 25.7 Å². The molecule has 3 nitrogen and oxygen atoms in total. The van der Waals surface area contributed by atoms with Gasteiger partial charge in [0.15, 0.2) is 0 Å². The Hall–Kier alpha value is -0.120. The van der Waals surface area contributed by atoms with Crippen molar-refractivity contribution in [2.45, 2.75) is 51.2 Å². The lowest BCUT2D eigenvalue weighted by molar-refractivity contribution is 0.197. The first-order chi connectivity index (χ1) is 5.98. The summed E-state index contributed by atoms with van der Waals surface area (Å²) in [6, 6.07) is 1.11. The van der Waals surface area contributed by atoms with Crippen molar-refractivity contribution in [3.63, 3.8) is 0 Å². The molecule has 0 aliphatic carbocycles. The topological polar surface area (TPSA) is 49.5 Å². The Balaban J connectivity index is 2.58. The summed E-state index contributed by atoms with van der Waals surface area (Å²) in [6.07, 6.45) is 1.73. The van der Waals surface area contributed by atoms with Crippen LogP contribution in [-0.4, -0.2) is 40.8 Å². The average molecular weight is 186 g/mol. The molecule has 0 aromatic carbocycles. The van der Waals surface area contributed by atoms with E-state index in [0.717, 1.165) is 19.4 Å². The molecular weight excluding hydrogens is 164 g/mol. The van der Waals surface area contributed by atoms with Gasteiger partial charge in [0.05, 0.1) is 0 Å². The Morgan fingerprint density at radius 3 is 2.62 bits per heavy atom. The van der Waals surface area contributed by atoms with Crippen molar-refractivity contribution in [3.8, 4) is 0 Å². The summed E-state index contributed by atoms with van der Waals surface area (Å²) >= 11 is 0. The minimum absolute atomic E-state index is 0.154. The predicted octanol–water partition coefficient (Wildman–Crippen LogP) is 0.569. The molecule has 1 aliphatic rings. The Kier molecular flexibility index (Phi) is 3.33. The van der Waals surface area contributed by atoms with Gasteiger partial charge in [0.25, 0.3) is 0 Å². The van der Waals surface area contributed by atoms with Crippen LogP contribution in [0.2, 0.25) is 0 Å². The first-order valence-corrected chi connectivity index (χ1v) is 5.14. The zero-order valence-electron chi connectivity index (χ0n) is 8.95. The normalized spacial score (nSPS) is 36.0. The summed E-state index contributed by atoms with van der Waals surface area (Å²) in [7, 11) is 0. The number of aliphatic hydroxyl groups is 1. The first-order valence-electron chi connectivity index (χ1n) is 5.14. The van der Waals surface area contributed by atoms with E-state index in [1.54, 1.807) is 0 Å². The van der Waals surface area contributed by atoms with Crippen LogP contribution in [0.4, 0.5) is 0 Å². The van der Waals surface area contributed by atoms with Gasteiger partial charge in [-0.3, -0.25) is 4.90 Å². The Morgan fingerprint density at radius 1 is 1.62 bits per heavy atom. The van der Waals surface area contributed by atoms with Gasteiger partial charge < -0.3 is 10.8 Å². The van der Waals surface area contributed by atoms with Crippen LogP contribution < -0.4 is 5.73 Å². The lowest BCUT2D eigenvalue weighted by Gasteiger charge is -2.27. The van der Waals surface area contributed by atoms with Crippen LogP contribution in [0.25, 0.3) is 0 Å². The molecule has 0 bridgehead atoms. The SMILES string of the molecule is CC(C)N1CC(N)(CCO)CC1C. The summed E-state index contributed by atoms with van der Waals surface area (Å²) in [5.74, 6) is 0. The van der Waals surface area contributed by atoms with Crippen LogP contribution in [0.1, 0.15) is 33.6 Å². The molecule has 2 unspecified atom stereocenters. The van der Waals surface area contributed by atoms with Gasteiger partial charge in [0.2, 0.25) is 0 Å².